The average Bonchev–Trinajstić information content (AvgIpc) is 2.35. The Kier molecular flexibility index (Phi) is 5.12. The van der Waals surface area contributed by atoms with Gasteiger partial charge in [0.25, 0.3) is 0 Å². The van der Waals surface area contributed by atoms with Crippen LogP contribution in [-0.4, -0.2) is 30.2 Å². The molecule has 0 saturated carbocycles. The van der Waals surface area contributed by atoms with Gasteiger partial charge in [-0.1, -0.05) is 23.7 Å². The number of hydrogen-bond donors (Lipinski definition) is 2. The van der Waals surface area contributed by atoms with Gasteiger partial charge in [0.15, 0.2) is 0 Å². The van der Waals surface area contributed by atoms with Gasteiger partial charge in [0.1, 0.15) is 12.1 Å². The van der Waals surface area contributed by atoms with E-state index in [1.54, 1.807) is 24.3 Å². The Labute approximate surface area is 110 Å². The molecular formula is C12H14ClNO4. The van der Waals surface area contributed by atoms with Crippen molar-refractivity contribution in [3.63, 3.8) is 0 Å². The number of hydrogen-bond acceptors (Lipinski definition) is 4. The number of methoxy groups -OCH3 is 1. The van der Waals surface area contributed by atoms with E-state index in [2.05, 4.69) is 10.1 Å². The number of nitrogens with one attached hydrogen (secondary N) is 1. The van der Waals surface area contributed by atoms with E-state index in [4.69, 9.17) is 16.7 Å². The van der Waals surface area contributed by atoms with E-state index in [1.165, 1.54) is 14.0 Å². The molecule has 5 nitrogen and oxygen atoms in total. The number of carbonyl (C=O) groups is 2. The second-order valence-electron chi connectivity index (χ2n) is 3.73. The van der Waals surface area contributed by atoms with Gasteiger partial charge in [0.05, 0.1) is 7.11 Å². The van der Waals surface area contributed by atoms with Crippen molar-refractivity contribution in [2.45, 2.75) is 19.0 Å². The molecule has 18 heavy (non-hydrogen) atoms. The Hall–Kier alpha value is -1.59. The van der Waals surface area contributed by atoms with E-state index in [9.17, 15) is 9.59 Å². The molecule has 2 N–H and O–H groups in total. The smallest absolute Gasteiger partial charge is 0.327 e. The summed E-state index contributed by atoms with van der Waals surface area (Å²) in [5.41, 5.74) is 0.597. The number of carboxylic acids is 1. The first kappa shape index (κ1) is 14.5. The van der Waals surface area contributed by atoms with Crippen molar-refractivity contribution >= 4 is 23.5 Å². The third-order valence-electron chi connectivity index (χ3n) is 2.43. The summed E-state index contributed by atoms with van der Waals surface area (Å²) in [6.07, 6.45) is 0. The maximum absolute atomic E-state index is 11.6. The quantitative estimate of drug-likeness (QED) is 0.796. The third kappa shape index (κ3) is 3.72. The number of carbonyl (C=O) groups excluding carboxylic acids is 1. The second kappa shape index (κ2) is 6.37. The maximum Gasteiger partial charge on any atom is 0.327 e. The predicted octanol–water partition coefficient (Wildman–Crippen LogP) is 1.62. The van der Waals surface area contributed by atoms with Crippen LogP contribution in [0.2, 0.25) is 5.02 Å². The molecule has 0 aliphatic rings. The van der Waals surface area contributed by atoms with Gasteiger partial charge in [-0.3, -0.25) is 10.1 Å². The van der Waals surface area contributed by atoms with Crippen molar-refractivity contribution < 1.29 is 19.4 Å². The van der Waals surface area contributed by atoms with Crippen molar-refractivity contribution in [2.75, 3.05) is 7.11 Å². The largest absolute Gasteiger partial charge is 0.480 e. The minimum absolute atomic E-state index is 0.536. The molecule has 0 heterocycles. The van der Waals surface area contributed by atoms with Crippen molar-refractivity contribution in [3.8, 4) is 0 Å². The minimum Gasteiger partial charge on any atom is -0.480 e. The van der Waals surface area contributed by atoms with Crippen LogP contribution in [0.5, 0.6) is 0 Å². The molecule has 1 aromatic rings. The van der Waals surface area contributed by atoms with Crippen molar-refractivity contribution in [2.24, 2.45) is 0 Å². The van der Waals surface area contributed by atoms with Crippen LogP contribution in [0, 0.1) is 0 Å². The first-order valence-corrected chi connectivity index (χ1v) is 5.65. The molecule has 0 bridgehead atoms. The van der Waals surface area contributed by atoms with E-state index >= 15 is 0 Å². The van der Waals surface area contributed by atoms with E-state index in [-0.39, 0.29) is 0 Å². The average molecular weight is 272 g/mol. The lowest BCUT2D eigenvalue weighted by molar-refractivity contribution is -0.144. The zero-order chi connectivity index (χ0) is 13.7. The summed E-state index contributed by atoms with van der Waals surface area (Å²) < 4.78 is 4.65. The highest BCUT2D eigenvalue weighted by Gasteiger charge is 2.25. The Bertz CT molecular complexity index is 432. The zero-order valence-corrected chi connectivity index (χ0v) is 10.8. The second-order valence-corrected chi connectivity index (χ2v) is 4.17. The lowest BCUT2D eigenvalue weighted by Gasteiger charge is -2.19. The van der Waals surface area contributed by atoms with Gasteiger partial charge >= 0.3 is 11.9 Å². The molecular weight excluding hydrogens is 258 g/mol. The fourth-order valence-corrected chi connectivity index (χ4v) is 1.52. The summed E-state index contributed by atoms with van der Waals surface area (Å²) in [4.78, 5) is 22.4. The highest BCUT2D eigenvalue weighted by Crippen LogP contribution is 2.18. The van der Waals surface area contributed by atoms with E-state index in [0.717, 1.165) is 0 Å². The Morgan fingerprint density at radius 3 is 2.33 bits per heavy atom. The molecule has 0 aliphatic carbocycles. The molecule has 0 aliphatic heterocycles. The Morgan fingerprint density at radius 2 is 1.89 bits per heavy atom. The van der Waals surface area contributed by atoms with E-state index < -0.39 is 24.0 Å². The molecule has 6 heteroatoms. The SMILES string of the molecule is COC(=O)C(NC(C)C(=O)O)c1ccc(Cl)cc1. The van der Waals surface area contributed by atoms with Crippen LogP contribution in [-0.2, 0) is 14.3 Å². The molecule has 1 rings (SSSR count). The Morgan fingerprint density at radius 1 is 1.33 bits per heavy atom. The summed E-state index contributed by atoms with van der Waals surface area (Å²) in [6, 6.07) is 4.83. The molecule has 1 aromatic carbocycles. The molecule has 0 fully saturated rings. The fourth-order valence-electron chi connectivity index (χ4n) is 1.39. The minimum atomic E-state index is -1.04. The molecule has 0 radical (unpaired) electrons. The van der Waals surface area contributed by atoms with Crippen LogP contribution in [0.3, 0.4) is 0 Å². The highest BCUT2D eigenvalue weighted by atomic mass is 35.5. The molecule has 0 spiro atoms. The summed E-state index contributed by atoms with van der Waals surface area (Å²) in [7, 11) is 1.25. The number of ether oxygens (including phenoxy) is 1. The van der Waals surface area contributed by atoms with Gasteiger partial charge in [0.2, 0.25) is 0 Å². The van der Waals surface area contributed by atoms with Crippen LogP contribution in [0.4, 0.5) is 0 Å². The summed E-state index contributed by atoms with van der Waals surface area (Å²) in [5.74, 6) is -1.59. The number of benzene rings is 1. The topological polar surface area (TPSA) is 75.6 Å². The molecule has 2 unspecified atom stereocenters. The summed E-state index contributed by atoms with van der Waals surface area (Å²) in [5, 5.41) is 12.1. The lowest BCUT2D eigenvalue weighted by Crippen LogP contribution is -2.40. The first-order chi connectivity index (χ1) is 8.45. The van der Waals surface area contributed by atoms with Crippen molar-refractivity contribution in [1.82, 2.24) is 5.32 Å². The van der Waals surface area contributed by atoms with Gasteiger partial charge in [-0.25, -0.2) is 4.79 Å². The Balaban J connectivity index is 2.94. The highest BCUT2D eigenvalue weighted by molar-refractivity contribution is 6.30. The van der Waals surface area contributed by atoms with Gasteiger partial charge < -0.3 is 9.84 Å². The van der Waals surface area contributed by atoms with Gasteiger partial charge in [-0.2, -0.15) is 0 Å². The lowest BCUT2D eigenvalue weighted by atomic mass is 10.1. The van der Waals surface area contributed by atoms with Crippen LogP contribution < -0.4 is 5.32 Å². The van der Waals surface area contributed by atoms with E-state index in [1.807, 2.05) is 0 Å². The number of rotatable bonds is 5. The van der Waals surface area contributed by atoms with Crippen LogP contribution in [0.15, 0.2) is 24.3 Å². The first-order valence-electron chi connectivity index (χ1n) is 5.28. The normalized spacial score (nSPS) is 13.7. The molecule has 0 amide bonds. The molecule has 0 aromatic heterocycles. The number of carboxylic acid groups (broad SMARTS) is 1. The monoisotopic (exact) mass is 271 g/mol. The van der Waals surface area contributed by atoms with Crippen LogP contribution in [0.1, 0.15) is 18.5 Å². The number of halogens is 1. The summed E-state index contributed by atoms with van der Waals surface area (Å²) >= 11 is 5.76. The fraction of sp³-hybridized carbons (Fsp3) is 0.333. The number of aliphatic carboxylic acids is 1. The maximum atomic E-state index is 11.6. The van der Waals surface area contributed by atoms with Crippen LogP contribution >= 0.6 is 11.6 Å². The third-order valence-corrected chi connectivity index (χ3v) is 2.68. The van der Waals surface area contributed by atoms with Crippen molar-refractivity contribution in [3.05, 3.63) is 34.9 Å². The zero-order valence-electron chi connectivity index (χ0n) is 10.0. The van der Waals surface area contributed by atoms with Crippen molar-refractivity contribution in [1.29, 1.82) is 0 Å². The molecule has 98 valence electrons. The summed E-state index contributed by atoms with van der Waals surface area (Å²) in [6.45, 7) is 1.45. The van der Waals surface area contributed by atoms with E-state index in [0.29, 0.717) is 10.6 Å². The molecule has 2 atom stereocenters. The van der Waals surface area contributed by atoms with Crippen LogP contribution in [0.25, 0.3) is 0 Å². The number of esters is 1. The standard InChI is InChI=1S/C12H14ClNO4/c1-7(11(15)16)14-10(12(17)18-2)8-3-5-9(13)6-4-8/h3-7,10,14H,1-2H3,(H,15,16). The van der Waals surface area contributed by atoms with Gasteiger partial charge in [-0.15, -0.1) is 0 Å². The molecule has 0 saturated heterocycles. The van der Waals surface area contributed by atoms with Gasteiger partial charge in [-0.05, 0) is 24.6 Å². The predicted molar refractivity (Wildman–Crippen MR) is 66.4 cm³/mol. The van der Waals surface area contributed by atoms with Gasteiger partial charge in [0, 0.05) is 5.02 Å².